The van der Waals surface area contributed by atoms with E-state index in [0.717, 1.165) is 16.7 Å². The third-order valence-corrected chi connectivity index (χ3v) is 2.68. The van der Waals surface area contributed by atoms with Crippen LogP contribution in [-0.2, 0) is 0 Å². The summed E-state index contributed by atoms with van der Waals surface area (Å²) >= 11 is 0. The van der Waals surface area contributed by atoms with Crippen LogP contribution in [0.5, 0.6) is 5.75 Å². The Kier molecular flexibility index (Phi) is 2.69. The summed E-state index contributed by atoms with van der Waals surface area (Å²) in [7, 11) is 1.66. The fourth-order valence-corrected chi connectivity index (χ4v) is 1.74. The first kappa shape index (κ1) is 10.7. The first-order chi connectivity index (χ1) is 7.61. The first-order valence-corrected chi connectivity index (χ1v) is 5.35. The molecule has 3 heteroatoms. The normalized spacial score (nSPS) is 11.0. The van der Waals surface area contributed by atoms with Crippen LogP contribution in [0.4, 0.5) is 5.69 Å². The summed E-state index contributed by atoms with van der Waals surface area (Å²) in [5.41, 5.74) is 8.51. The molecule has 1 heterocycles. The zero-order valence-electron chi connectivity index (χ0n) is 9.82. The molecule has 2 rings (SSSR count). The number of benzene rings is 1. The van der Waals surface area contributed by atoms with Gasteiger partial charge < -0.3 is 10.5 Å². The highest BCUT2D eigenvalue weighted by atomic mass is 16.5. The van der Waals surface area contributed by atoms with Crippen LogP contribution in [0, 0.1) is 0 Å². The van der Waals surface area contributed by atoms with E-state index in [2.05, 4.69) is 24.9 Å². The second kappa shape index (κ2) is 4.00. The van der Waals surface area contributed by atoms with Crippen molar-refractivity contribution >= 4 is 16.6 Å². The molecular formula is C13H16N2O. The lowest BCUT2D eigenvalue weighted by atomic mass is 10.0. The molecule has 0 aliphatic carbocycles. The van der Waals surface area contributed by atoms with Gasteiger partial charge in [0, 0.05) is 5.39 Å². The molecule has 0 unspecified atom stereocenters. The van der Waals surface area contributed by atoms with Crippen molar-refractivity contribution in [1.82, 2.24) is 4.98 Å². The van der Waals surface area contributed by atoms with Crippen molar-refractivity contribution in [1.29, 1.82) is 0 Å². The summed E-state index contributed by atoms with van der Waals surface area (Å²) in [5.74, 6) is 1.26. The number of nitrogen functional groups attached to an aromatic ring is 1. The molecule has 84 valence electrons. The summed E-state index contributed by atoms with van der Waals surface area (Å²) in [4.78, 5) is 4.30. The summed E-state index contributed by atoms with van der Waals surface area (Å²) in [6, 6.07) is 6.08. The minimum atomic E-state index is 0.458. The van der Waals surface area contributed by atoms with E-state index in [1.165, 1.54) is 5.56 Å². The Labute approximate surface area is 95.2 Å². The number of pyridine rings is 1. The Morgan fingerprint density at radius 2 is 2.00 bits per heavy atom. The third kappa shape index (κ3) is 1.81. The number of methoxy groups -OCH3 is 1. The molecule has 0 fully saturated rings. The predicted molar refractivity (Wildman–Crippen MR) is 66.8 cm³/mol. The summed E-state index contributed by atoms with van der Waals surface area (Å²) < 4.78 is 5.35. The van der Waals surface area contributed by atoms with Crippen molar-refractivity contribution in [3.8, 4) is 5.75 Å². The maximum atomic E-state index is 5.74. The lowest BCUT2D eigenvalue weighted by Crippen LogP contribution is -1.94. The molecule has 0 atom stereocenters. The van der Waals surface area contributed by atoms with Gasteiger partial charge in [0.1, 0.15) is 11.3 Å². The third-order valence-electron chi connectivity index (χ3n) is 2.68. The number of aromatic nitrogens is 1. The van der Waals surface area contributed by atoms with Gasteiger partial charge in [-0.15, -0.1) is 0 Å². The van der Waals surface area contributed by atoms with Crippen LogP contribution in [0.1, 0.15) is 25.3 Å². The molecule has 2 aromatic rings. The Hall–Kier alpha value is -1.77. The van der Waals surface area contributed by atoms with Crippen molar-refractivity contribution < 1.29 is 4.74 Å². The Morgan fingerprint density at radius 3 is 2.62 bits per heavy atom. The molecule has 3 nitrogen and oxygen atoms in total. The number of ether oxygens (including phenoxy) is 1. The monoisotopic (exact) mass is 216 g/mol. The fraction of sp³-hybridized carbons (Fsp3) is 0.308. The van der Waals surface area contributed by atoms with Gasteiger partial charge in [-0.1, -0.05) is 13.8 Å². The highest BCUT2D eigenvalue weighted by Crippen LogP contribution is 2.29. The molecule has 1 aromatic heterocycles. The Balaban J connectivity index is 2.73. The molecule has 1 aromatic carbocycles. The highest BCUT2D eigenvalue weighted by molar-refractivity contribution is 5.87. The second-order valence-electron chi connectivity index (χ2n) is 4.22. The number of nitrogens with zero attached hydrogens (tertiary/aromatic N) is 1. The van der Waals surface area contributed by atoms with Gasteiger partial charge in [0.05, 0.1) is 19.0 Å². The number of hydrogen-bond donors (Lipinski definition) is 1. The standard InChI is InChI=1S/C13H16N2O/c1-8(2)9-4-10-5-11(14)7-15-13(10)12(6-9)16-3/h4-8H,14H2,1-3H3. The van der Waals surface area contributed by atoms with Crippen LogP contribution in [0.15, 0.2) is 24.4 Å². The quantitative estimate of drug-likeness (QED) is 0.839. The molecule has 0 amide bonds. The van der Waals surface area contributed by atoms with Gasteiger partial charge in [0.25, 0.3) is 0 Å². The van der Waals surface area contributed by atoms with E-state index in [-0.39, 0.29) is 0 Å². The van der Waals surface area contributed by atoms with Crippen LogP contribution in [0.25, 0.3) is 10.9 Å². The smallest absolute Gasteiger partial charge is 0.145 e. The lowest BCUT2D eigenvalue weighted by molar-refractivity contribution is 0.418. The maximum absolute atomic E-state index is 5.74. The number of anilines is 1. The zero-order chi connectivity index (χ0) is 11.7. The van der Waals surface area contributed by atoms with Gasteiger partial charge in [-0.25, -0.2) is 0 Å². The molecular weight excluding hydrogens is 200 g/mol. The molecule has 0 saturated heterocycles. The number of nitrogens with two attached hydrogens (primary N) is 1. The average molecular weight is 216 g/mol. The SMILES string of the molecule is COc1cc(C(C)C)cc2cc(N)cnc12. The summed E-state index contributed by atoms with van der Waals surface area (Å²) in [5, 5.41) is 1.03. The van der Waals surface area contributed by atoms with E-state index >= 15 is 0 Å². The molecule has 2 N–H and O–H groups in total. The predicted octanol–water partition coefficient (Wildman–Crippen LogP) is 2.95. The molecule has 16 heavy (non-hydrogen) atoms. The fourth-order valence-electron chi connectivity index (χ4n) is 1.74. The van der Waals surface area contributed by atoms with Crippen molar-refractivity contribution in [2.45, 2.75) is 19.8 Å². The van der Waals surface area contributed by atoms with Crippen LogP contribution >= 0.6 is 0 Å². The van der Waals surface area contributed by atoms with E-state index in [1.54, 1.807) is 13.3 Å². The van der Waals surface area contributed by atoms with E-state index in [4.69, 9.17) is 10.5 Å². The minimum absolute atomic E-state index is 0.458. The van der Waals surface area contributed by atoms with Crippen molar-refractivity contribution in [2.24, 2.45) is 0 Å². The first-order valence-electron chi connectivity index (χ1n) is 5.35. The molecule has 0 spiro atoms. The molecule has 0 radical (unpaired) electrons. The Morgan fingerprint density at radius 1 is 1.25 bits per heavy atom. The van der Waals surface area contributed by atoms with Crippen LogP contribution in [0.2, 0.25) is 0 Å². The van der Waals surface area contributed by atoms with E-state index in [1.807, 2.05) is 12.1 Å². The van der Waals surface area contributed by atoms with E-state index < -0.39 is 0 Å². The van der Waals surface area contributed by atoms with E-state index in [9.17, 15) is 0 Å². The topological polar surface area (TPSA) is 48.1 Å². The Bertz CT molecular complexity index is 521. The van der Waals surface area contributed by atoms with Crippen LogP contribution in [-0.4, -0.2) is 12.1 Å². The molecule has 0 saturated carbocycles. The van der Waals surface area contributed by atoms with Gasteiger partial charge in [0.15, 0.2) is 0 Å². The molecule has 0 aliphatic heterocycles. The minimum Gasteiger partial charge on any atom is -0.494 e. The second-order valence-corrected chi connectivity index (χ2v) is 4.22. The van der Waals surface area contributed by atoms with Gasteiger partial charge in [-0.3, -0.25) is 4.98 Å². The van der Waals surface area contributed by atoms with Gasteiger partial charge >= 0.3 is 0 Å². The molecule has 0 aliphatic rings. The van der Waals surface area contributed by atoms with Crippen LogP contribution in [0.3, 0.4) is 0 Å². The average Bonchev–Trinajstić information content (AvgIpc) is 2.26. The van der Waals surface area contributed by atoms with Crippen molar-refractivity contribution in [2.75, 3.05) is 12.8 Å². The largest absolute Gasteiger partial charge is 0.494 e. The zero-order valence-corrected chi connectivity index (χ0v) is 9.82. The molecule has 0 bridgehead atoms. The van der Waals surface area contributed by atoms with Gasteiger partial charge in [0.2, 0.25) is 0 Å². The van der Waals surface area contributed by atoms with E-state index in [0.29, 0.717) is 11.6 Å². The lowest BCUT2D eigenvalue weighted by Gasteiger charge is -2.11. The summed E-state index contributed by atoms with van der Waals surface area (Å²) in [6.07, 6.45) is 1.65. The van der Waals surface area contributed by atoms with Crippen molar-refractivity contribution in [3.63, 3.8) is 0 Å². The maximum Gasteiger partial charge on any atom is 0.145 e. The number of rotatable bonds is 2. The number of hydrogen-bond acceptors (Lipinski definition) is 3. The van der Waals surface area contributed by atoms with Gasteiger partial charge in [-0.05, 0) is 29.7 Å². The number of fused-ring (bicyclic) bond motifs is 1. The van der Waals surface area contributed by atoms with Crippen molar-refractivity contribution in [3.05, 3.63) is 30.0 Å². The highest BCUT2D eigenvalue weighted by Gasteiger charge is 2.08. The summed E-state index contributed by atoms with van der Waals surface area (Å²) in [6.45, 7) is 4.31. The van der Waals surface area contributed by atoms with Gasteiger partial charge in [-0.2, -0.15) is 0 Å². The van der Waals surface area contributed by atoms with Crippen LogP contribution < -0.4 is 10.5 Å².